The van der Waals surface area contributed by atoms with Gasteiger partial charge in [0.2, 0.25) is 0 Å². The van der Waals surface area contributed by atoms with E-state index in [0.717, 1.165) is 12.3 Å². The van der Waals surface area contributed by atoms with E-state index >= 15 is 0 Å². The fourth-order valence-electron chi connectivity index (χ4n) is 1.67. The maximum absolute atomic E-state index is 3.75. The van der Waals surface area contributed by atoms with Crippen molar-refractivity contribution in [1.29, 1.82) is 0 Å². The molecule has 1 heteroatoms. The first-order chi connectivity index (χ1) is 6.59. The summed E-state index contributed by atoms with van der Waals surface area (Å²) in [5.74, 6) is 0.767. The second-order valence-corrected chi connectivity index (χ2v) is 5.65. The molecule has 0 spiro atoms. The van der Waals surface area contributed by atoms with Crippen LogP contribution in [0.2, 0.25) is 0 Å². The first-order valence-corrected chi connectivity index (χ1v) is 6.19. The van der Waals surface area contributed by atoms with Crippen LogP contribution in [-0.2, 0) is 6.42 Å². The Kier molecular flexibility index (Phi) is 4.67. The van der Waals surface area contributed by atoms with Gasteiger partial charge in [-0.3, -0.25) is 0 Å². The highest BCUT2D eigenvalue weighted by atomic mass is 79.9. The highest BCUT2D eigenvalue weighted by Gasteiger charge is 2.08. The Morgan fingerprint density at radius 2 is 1.86 bits per heavy atom. The zero-order valence-electron chi connectivity index (χ0n) is 9.26. The molecular weight excluding hydrogens is 236 g/mol. The largest absolute Gasteiger partial charge is 0.0887 e. The van der Waals surface area contributed by atoms with Gasteiger partial charge in [-0.15, -0.1) is 0 Å². The number of hydrogen-bond acceptors (Lipinski definition) is 0. The molecule has 0 nitrogen and oxygen atoms in total. The van der Waals surface area contributed by atoms with Crippen molar-refractivity contribution in [2.24, 2.45) is 5.92 Å². The minimum Gasteiger partial charge on any atom is -0.0887 e. The summed E-state index contributed by atoms with van der Waals surface area (Å²) in [6.07, 6.45) is 2.39. The molecule has 0 aliphatic rings. The second kappa shape index (κ2) is 5.55. The third-order valence-corrected chi connectivity index (χ3v) is 3.13. The third kappa shape index (κ3) is 3.83. The summed E-state index contributed by atoms with van der Waals surface area (Å²) < 4.78 is 0. The number of alkyl halides is 1. The lowest BCUT2D eigenvalue weighted by Gasteiger charge is -2.13. The zero-order valence-corrected chi connectivity index (χ0v) is 10.8. The van der Waals surface area contributed by atoms with Gasteiger partial charge < -0.3 is 0 Å². The molecule has 0 aliphatic carbocycles. The molecule has 0 fully saturated rings. The first-order valence-electron chi connectivity index (χ1n) is 5.28. The predicted molar refractivity (Wildman–Crippen MR) is 67.1 cm³/mol. The molecule has 0 bridgehead atoms. The third-order valence-electron chi connectivity index (χ3n) is 2.43. The molecule has 1 aromatic rings. The maximum atomic E-state index is 3.75. The average molecular weight is 255 g/mol. The maximum Gasteiger partial charge on any atom is 0.0188 e. The molecule has 0 aliphatic heterocycles. The lowest BCUT2D eigenvalue weighted by atomic mass is 9.99. The van der Waals surface area contributed by atoms with Gasteiger partial charge in [0.15, 0.2) is 0 Å². The summed E-state index contributed by atoms with van der Waals surface area (Å²) in [6, 6.07) is 8.64. The van der Waals surface area contributed by atoms with Crippen LogP contribution in [0.5, 0.6) is 0 Å². The Morgan fingerprint density at radius 3 is 2.43 bits per heavy atom. The van der Waals surface area contributed by atoms with Gasteiger partial charge in [-0.1, -0.05) is 54.0 Å². The normalized spacial score (nSPS) is 13.2. The molecule has 0 amide bonds. The summed E-state index contributed by atoms with van der Waals surface area (Å²) in [7, 11) is 0. The van der Waals surface area contributed by atoms with Crippen molar-refractivity contribution in [3.63, 3.8) is 0 Å². The zero-order chi connectivity index (χ0) is 10.6. The summed E-state index contributed by atoms with van der Waals surface area (Å²) in [5.41, 5.74) is 2.87. The van der Waals surface area contributed by atoms with E-state index in [1.54, 1.807) is 0 Å². The minimum atomic E-state index is 0.614. The van der Waals surface area contributed by atoms with Crippen molar-refractivity contribution in [3.8, 4) is 0 Å². The smallest absolute Gasteiger partial charge is 0.0188 e. The van der Waals surface area contributed by atoms with Crippen LogP contribution >= 0.6 is 15.9 Å². The second-order valence-electron chi connectivity index (χ2n) is 4.36. The van der Waals surface area contributed by atoms with E-state index in [-0.39, 0.29) is 0 Å². The monoisotopic (exact) mass is 254 g/mol. The molecule has 1 rings (SSSR count). The van der Waals surface area contributed by atoms with Crippen molar-refractivity contribution in [2.45, 2.75) is 38.4 Å². The predicted octanol–water partition coefficient (Wildman–Crippen LogP) is 4.35. The summed E-state index contributed by atoms with van der Waals surface area (Å²) in [6.45, 7) is 6.72. The van der Waals surface area contributed by atoms with Gasteiger partial charge in [0, 0.05) is 4.83 Å². The number of halogens is 1. The fourth-order valence-corrected chi connectivity index (χ4v) is 2.77. The van der Waals surface area contributed by atoms with Crippen LogP contribution in [0.1, 0.15) is 31.4 Å². The van der Waals surface area contributed by atoms with Gasteiger partial charge in [0.25, 0.3) is 0 Å². The van der Waals surface area contributed by atoms with E-state index in [1.165, 1.54) is 17.5 Å². The van der Waals surface area contributed by atoms with Crippen LogP contribution in [0, 0.1) is 12.8 Å². The van der Waals surface area contributed by atoms with Gasteiger partial charge in [-0.2, -0.15) is 0 Å². The number of hydrogen-bond donors (Lipinski definition) is 0. The lowest BCUT2D eigenvalue weighted by Crippen LogP contribution is -2.07. The molecule has 0 saturated heterocycles. The van der Waals surface area contributed by atoms with E-state index in [4.69, 9.17) is 0 Å². The van der Waals surface area contributed by atoms with Crippen LogP contribution in [0.25, 0.3) is 0 Å². The number of benzene rings is 1. The van der Waals surface area contributed by atoms with Crippen LogP contribution < -0.4 is 0 Å². The van der Waals surface area contributed by atoms with Crippen LogP contribution in [0.3, 0.4) is 0 Å². The standard InChI is InChI=1S/C13H19Br/c1-10(2)8-13(14)9-12-7-5-4-6-11(12)3/h4-7,10,13H,8-9H2,1-3H3. The van der Waals surface area contributed by atoms with E-state index in [9.17, 15) is 0 Å². The molecule has 0 radical (unpaired) electrons. The lowest BCUT2D eigenvalue weighted by molar-refractivity contribution is 0.570. The van der Waals surface area contributed by atoms with Gasteiger partial charge in [0.1, 0.15) is 0 Å². The SMILES string of the molecule is Cc1ccccc1CC(Br)CC(C)C. The number of aryl methyl sites for hydroxylation is 1. The van der Waals surface area contributed by atoms with E-state index < -0.39 is 0 Å². The van der Waals surface area contributed by atoms with Crippen molar-refractivity contribution in [3.05, 3.63) is 35.4 Å². The van der Waals surface area contributed by atoms with E-state index in [1.807, 2.05) is 0 Å². The fraction of sp³-hybridized carbons (Fsp3) is 0.538. The number of rotatable bonds is 4. The van der Waals surface area contributed by atoms with Crippen LogP contribution in [-0.4, -0.2) is 4.83 Å². The molecule has 0 aromatic heterocycles. The molecule has 0 N–H and O–H groups in total. The minimum absolute atomic E-state index is 0.614. The summed E-state index contributed by atoms with van der Waals surface area (Å²) >= 11 is 3.75. The molecule has 1 aromatic carbocycles. The van der Waals surface area contributed by atoms with Crippen molar-refractivity contribution in [2.75, 3.05) is 0 Å². The molecule has 78 valence electrons. The van der Waals surface area contributed by atoms with Crippen molar-refractivity contribution in [1.82, 2.24) is 0 Å². The van der Waals surface area contributed by atoms with Gasteiger partial charge in [0.05, 0.1) is 0 Å². The molecule has 0 heterocycles. The molecule has 1 unspecified atom stereocenters. The van der Waals surface area contributed by atoms with E-state index in [0.29, 0.717) is 4.83 Å². The summed E-state index contributed by atoms with van der Waals surface area (Å²) in [5, 5.41) is 0. The van der Waals surface area contributed by atoms with E-state index in [2.05, 4.69) is 61.0 Å². The highest BCUT2D eigenvalue weighted by molar-refractivity contribution is 9.09. The Hall–Kier alpha value is -0.300. The van der Waals surface area contributed by atoms with Gasteiger partial charge >= 0.3 is 0 Å². The van der Waals surface area contributed by atoms with Crippen LogP contribution in [0.4, 0.5) is 0 Å². The Morgan fingerprint density at radius 1 is 1.21 bits per heavy atom. The Balaban J connectivity index is 2.56. The Labute approximate surface area is 95.9 Å². The van der Waals surface area contributed by atoms with Crippen LogP contribution in [0.15, 0.2) is 24.3 Å². The molecule has 1 atom stereocenters. The quantitative estimate of drug-likeness (QED) is 0.702. The van der Waals surface area contributed by atoms with Crippen molar-refractivity contribution < 1.29 is 0 Å². The molecular formula is C13H19Br. The van der Waals surface area contributed by atoms with Crippen molar-refractivity contribution >= 4 is 15.9 Å². The highest BCUT2D eigenvalue weighted by Crippen LogP contribution is 2.19. The average Bonchev–Trinajstić information content (AvgIpc) is 2.07. The summed E-state index contributed by atoms with van der Waals surface area (Å²) in [4.78, 5) is 0.614. The molecule has 14 heavy (non-hydrogen) atoms. The Bertz CT molecular complexity index is 278. The molecule has 0 saturated carbocycles. The topological polar surface area (TPSA) is 0 Å². The first kappa shape index (κ1) is 11.8. The van der Waals surface area contributed by atoms with Gasteiger partial charge in [-0.25, -0.2) is 0 Å². The van der Waals surface area contributed by atoms with Gasteiger partial charge in [-0.05, 0) is 36.8 Å².